The second-order valence-electron chi connectivity index (χ2n) is 7.30. The topological polar surface area (TPSA) is 103 Å². The number of carbonyl (C=O) groups is 1. The van der Waals surface area contributed by atoms with Crippen LogP contribution in [0.3, 0.4) is 0 Å². The van der Waals surface area contributed by atoms with Gasteiger partial charge in [0.1, 0.15) is 0 Å². The van der Waals surface area contributed by atoms with Gasteiger partial charge in [0.15, 0.2) is 6.61 Å². The van der Waals surface area contributed by atoms with E-state index in [-0.39, 0.29) is 22.2 Å². The van der Waals surface area contributed by atoms with E-state index in [4.69, 9.17) is 9.26 Å². The van der Waals surface area contributed by atoms with E-state index >= 15 is 0 Å². The van der Waals surface area contributed by atoms with Crippen LogP contribution in [0.2, 0.25) is 0 Å². The predicted molar refractivity (Wildman–Crippen MR) is 108 cm³/mol. The monoisotopic (exact) mass is 481 g/mol. The van der Waals surface area contributed by atoms with E-state index in [1.807, 2.05) is 0 Å². The molecule has 0 spiro atoms. The summed E-state index contributed by atoms with van der Waals surface area (Å²) < 4.78 is 74.9. The van der Waals surface area contributed by atoms with Crippen molar-refractivity contribution in [1.29, 1.82) is 0 Å². The van der Waals surface area contributed by atoms with Crippen LogP contribution in [0.4, 0.5) is 13.2 Å². The number of alkyl halides is 3. The summed E-state index contributed by atoms with van der Waals surface area (Å²) in [6, 6.07) is 9.74. The molecule has 1 fully saturated rings. The van der Waals surface area contributed by atoms with E-state index in [9.17, 15) is 26.4 Å². The fourth-order valence-electron chi connectivity index (χ4n) is 3.31. The van der Waals surface area contributed by atoms with Gasteiger partial charge in [0.25, 0.3) is 5.89 Å². The van der Waals surface area contributed by atoms with E-state index < -0.39 is 34.3 Å². The number of hydrogen-bond donors (Lipinski definition) is 0. The first kappa shape index (κ1) is 22.9. The van der Waals surface area contributed by atoms with E-state index in [1.54, 1.807) is 0 Å². The van der Waals surface area contributed by atoms with Gasteiger partial charge in [-0.15, -0.1) is 0 Å². The first-order valence-electron chi connectivity index (χ1n) is 9.92. The zero-order valence-corrected chi connectivity index (χ0v) is 17.9. The maximum atomic E-state index is 12.7. The van der Waals surface area contributed by atoms with Gasteiger partial charge in [-0.05, 0) is 43.2 Å². The van der Waals surface area contributed by atoms with Crippen molar-refractivity contribution >= 4 is 16.0 Å². The molecule has 0 radical (unpaired) electrons. The van der Waals surface area contributed by atoms with Crippen LogP contribution in [0.25, 0.3) is 11.4 Å². The number of sulfonamides is 1. The van der Waals surface area contributed by atoms with Crippen LogP contribution in [0.15, 0.2) is 57.9 Å². The molecule has 2 aromatic carbocycles. The molecule has 8 nitrogen and oxygen atoms in total. The summed E-state index contributed by atoms with van der Waals surface area (Å²) >= 11 is 0. The summed E-state index contributed by atoms with van der Waals surface area (Å²) in [7, 11) is -3.69. The van der Waals surface area contributed by atoms with Crippen molar-refractivity contribution in [1.82, 2.24) is 14.4 Å². The minimum absolute atomic E-state index is 0.00114. The maximum Gasteiger partial charge on any atom is 0.416 e. The summed E-state index contributed by atoms with van der Waals surface area (Å²) in [4.78, 5) is 16.4. The average Bonchev–Trinajstić information content (AvgIpc) is 3.50. The van der Waals surface area contributed by atoms with Gasteiger partial charge in [0.05, 0.1) is 16.0 Å². The molecule has 12 heteroatoms. The highest BCUT2D eigenvalue weighted by Crippen LogP contribution is 2.30. The van der Waals surface area contributed by atoms with E-state index in [2.05, 4.69) is 10.1 Å². The SMILES string of the molecule is O=C(OCc1nc(-c2ccc(C(F)(F)F)cc2)no1)c1cccc(S(=O)(=O)N2CCCC2)c1. The molecule has 0 amide bonds. The molecule has 0 saturated carbocycles. The van der Waals surface area contributed by atoms with Crippen molar-refractivity contribution in [2.24, 2.45) is 0 Å². The van der Waals surface area contributed by atoms with Gasteiger partial charge < -0.3 is 9.26 Å². The molecule has 1 saturated heterocycles. The van der Waals surface area contributed by atoms with Gasteiger partial charge >= 0.3 is 12.1 Å². The molecular formula is C21H18F3N3O5S. The largest absolute Gasteiger partial charge is 0.452 e. The Hall–Kier alpha value is -3.25. The first-order chi connectivity index (χ1) is 15.6. The third kappa shape index (κ3) is 5.06. The molecule has 0 aliphatic carbocycles. The number of hydrogen-bond acceptors (Lipinski definition) is 7. The molecule has 1 aromatic heterocycles. The zero-order chi connectivity index (χ0) is 23.6. The number of nitrogens with zero attached hydrogens (tertiary/aromatic N) is 3. The van der Waals surface area contributed by atoms with Crippen LogP contribution < -0.4 is 0 Å². The van der Waals surface area contributed by atoms with Gasteiger partial charge in [0.2, 0.25) is 15.8 Å². The number of rotatable bonds is 6. The Kier molecular flexibility index (Phi) is 6.21. The van der Waals surface area contributed by atoms with Crippen LogP contribution in [-0.4, -0.2) is 41.9 Å². The van der Waals surface area contributed by atoms with Gasteiger partial charge in [-0.25, -0.2) is 13.2 Å². The molecule has 0 unspecified atom stereocenters. The molecule has 174 valence electrons. The molecular weight excluding hydrogens is 463 g/mol. The summed E-state index contributed by atoms with van der Waals surface area (Å²) in [6.07, 6.45) is -2.88. The Bertz CT molecular complexity index is 1250. The lowest BCUT2D eigenvalue weighted by Gasteiger charge is -2.15. The minimum Gasteiger partial charge on any atom is -0.452 e. The Morgan fingerprint density at radius 1 is 1.09 bits per heavy atom. The highest BCUT2D eigenvalue weighted by atomic mass is 32.2. The summed E-state index contributed by atoms with van der Waals surface area (Å²) in [5, 5.41) is 3.68. The number of carbonyl (C=O) groups excluding carboxylic acids is 1. The van der Waals surface area contributed by atoms with Crippen molar-refractivity contribution in [3.05, 3.63) is 65.5 Å². The van der Waals surface area contributed by atoms with E-state index in [0.29, 0.717) is 18.7 Å². The van der Waals surface area contributed by atoms with Crippen LogP contribution >= 0.6 is 0 Å². The molecule has 0 atom stereocenters. The zero-order valence-electron chi connectivity index (χ0n) is 17.1. The third-order valence-electron chi connectivity index (χ3n) is 5.04. The van der Waals surface area contributed by atoms with Gasteiger partial charge in [0, 0.05) is 18.7 Å². The Morgan fingerprint density at radius 3 is 2.45 bits per heavy atom. The Balaban J connectivity index is 1.41. The molecule has 1 aliphatic rings. The average molecular weight is 481 g/mol. The fraction of sp³-hybridized carbons (Fsp3) is 0.286. The standard InChI is InChI=1S/C21H18F3N3O5S/c22-21(23,24)16-8-6-14(7-9-16)19-25-18(32-26-19)13-31-20(28)15-4-3-5-17(12-15)33(29,30)27-10-1-2-11-27/h3-9,12H,1-2,10-11,13H2. The fourth-order valence-corrected chi connectivity index (χ4v) is 4.87. The predicted octanol–water partition coefficient (Wildman–Crippen LogP) is 3.90. The molecule has 4 rings (SSSR count). The summed E-state index contributed by atoms with van der Waals surface area (Å²) in [5.74, 6) is -0.824. The third-order valence-corrected chi connectivity index (χ3v) is 6.93. The number of ether oxygens (including phenoxy) is 1. The normalized spacial score (nSPS) is 15.0. The second-order valence-corrected chi connectivity index (χ2v) is 9.24. The lowest BCUT2D eigenvalue weighted by Crippen LogP contribution is -2.28. The van der Waals surface area contributed by atoms with Gasteiger partial charge in [-0.3, -0.25) is 0 Å². The quantitative estimate of drug-likeness (QED) is 0.492. The van der Waals surface area contributed by atoms with Crippen LogP contribution in [0.1, 0.15) is 34.7 Å². The first-order valence-corrected chi connectivity index (χ1v) is 11.4. The highest BCUT2D eigenvalue weighted by Gasteiger charge is 2.30. The van der Waals surface area contributed by atoms with Gasteiger partial charge in [-0.1, -0.05) is 23.4 Å². The smallest absolute Gasteiger partial charge is 0.416 e. The highest BCUT2D eigenvalue weighted by molar-refractivity contribution is 7.89. The second kappa shape index (κ2) is 8.94. The molecule has 0 bridgehead atoms. The number of aromatic nitrogens is 2. The minimum atomic E-state index is -4.46. The van der Waals surface area contributed by atoms with Crippen LogP contribution in [-0.2, 0) is 27.5 Å². The number of esters is 1. The summed E-state index contributed by atoms with van der Waals surface area (Å²) in [5.41, 5.74) is -0.472. The maximum absolute atomic E-state index is 12.7. The van der Waals surface area contributed by atoms with Crippen molar-refractivity contribution in [3.63, 3.8) is 0 Å². The molecule has 1 aliphatic heterocycles. The lowest BCUT2D eigenvalue weighted by atomic mass is 10.1. The van der Waals surface area contributed by atoms with Crippen molar-refractivity contribution in [2.75, 3.05) is 13.1 Å². The van der Waals surface area contributed by atoms with Crippen LogP contribution in [0, 0.1) is 0 Å². The van der Waals surface area contributed by atoms with Crippen molar-refractivity contribution < 1.29 is 35.6 Å². The molecule has 0 N–H and O–H groups in total. The Labute approximate surface area is 187 Å². The molecule has 3 aromatic rings. The molecule has 2 heterocycles. The van der Waals surface area contributed by atoms with Crippen molar-refractivity contribution in [3.8, 4) is 11.4 Å². The van der Waals surface area contributed by atoms with E-state index in [1.165, 1.54) is 40.7 Å². The number of benzene rings is 2. The van der Waals surface area contributed by atoms with Crippen molar-refractivity contribution in [2.45, 2.75) is 30.5 Å². The summed E-state index contributed by atoms with van der Waals surface area (Å²) in [6.45, 7) is 0.487. The Morgan fingerprint density at radius 2 is 1.79 bits per heavy atom. The molecule has 33 heavy (non-hydrogen) atoms. The van der Waals surface area contributed by atoms with Crippen LogP contribution in [0.5, 0.6) is 0 Å². The number of halogens is 3. The van der Waals surface area contributed by atoms with E-state index in [0.717, 1.165) is 25.0 Å². The van der Waals surface area contributed by atoms with Gasteiger partial charge in [-0.2, -0.15) is 22.5 Å². The lowest BCUT2D eigenvalue weighted by molar-refractivity contribution is -0.137.